The summed E-state index contributed by atoms with van der Waals surface area (Å²) in [5.74, 6) is 1.90. The fourth-order valence-corrected chi connectivity index (χ4v) is 4.00. The van der Waals surface area contributed by atoms with Gasteiger partial charge in [0.2, 0.25) is 0 Å². The van der Waals surface area contributed by atoms with Crippen molar-refractivity contribution < 1.29 is 9.47 Å². The topological polar surface area (TPSA) is 28.2 Å². The molecule has 0 saturated carbocycles. The molecule has 0 amide bonds. The lowest BCUT2D eigenvalue weighted by Crippen LogP contribution is -2.39. The minimum atomic E-state index is 0.748. The van der Waals surface area contributed by atoms with E-state index in [1.807, 2.05) is 30.3 Å². The van der Waals surface area contributed by atoms with Gasteiger partial charge in [-0.2, -0.15) is 0 Å². The van der Waals surface area contributed by atoms with Gasteiger partial charge in [0.15, 0.2) is 0 Å². The summed E-state index contributed by atoms with van der Waals surface area (Å²) in [7, 11) is 0. The van der Waals surface area contributed by atoms with Crippen LogP contribution in [0, 0.1) is 0 Å². The SMILES string of the molecule is CCN(CC)CCN(CCN(CC)CC)c1ccc(OCCCCCOc2ccccc2)cc1. The highest BCUT2D eigenvalue weighted by Crippen LogP contribution is 2.20. The number of benzene rings is 2. The maximum absolute atomic E-state index is 6.00. The molecule has 0 fully saturated rings. The average molecular weight is 470 g/mol. The second-order valence-corrected chi connectivity index (χ2v) is 8.61. The van der Waals surface area contributed by atoms with E-state index in [-0.39, 0.29) is 0 Å². The van der Waals surface area contributed by atoms with Gasteiger partial charge in [0, 0.05) is 31.9 Å². The Labute approximate surface area is 208 Å². The molecule has 0 N–H and O–H groups in total. The van der Waals surface area contributed by atoms with Gasteiger partial charge in [-0.15, -0.1) is 0 Å². The average Bonchev–Trinajstić information content (AvgIpc) is 2.89. The van der Waals surface area contributed by atoms with Gasteiger partial charge >= 0.3 is 0 Å². The van der Waals surface area contributed by atoms with Crippen molar-refractivity contribution in [2.75, 3.05) is 70.5 Å². The second-order valence-electron chi connectivity index (χ2n) is 8.61. The molecule has 2 rings (SSSR count). The van der Waals surface area contributed by atoms with Crippen LogP contribution in [0.1, 0.15) is 47.0 Å². The van der Waals surface area contributed by atoms with E-state index in [1.54, 1.807) is 0 Å². The molecule has 34 heavy (non-hydrogen) atoms. The first-order chi connectivity index (χ1) is 16.7. The molecule has 0 unspecified atom stereocenters. The van der Waals surface area contributed by atoms with Crippen molar-refractivity contribution in [2.24, 2.45) is 0 Å². The number of anilines is 1. The van der Waals surface area contributed by atoms with E-state index >= 15 is 0 Å². The van der Waals surface area contributed by atoms with Gasteiger partial charge in [0.05, 0.1) is 13.2 Å². The Bertz CT molecular complexity index is 715. The summed E-state index contributed by atoms with van der Waals surface area (Å²) < 4.78 is 11.7. The van der Waals surface area contributed by atoms with Gasteiger partial charge in [-0.05, 0) is 81.8 Å². The monoisotopic (exact) mass is 469 g/mol. The van der Waals surface area contributed by atoms with Crippen LogP contribution in [0.15, 0.2) is 54.6 Å². The predicted molar refractivity (Wildman–Crippen MR) is 146 cm³/mol. The number of hydrogen-bond acceptors (Lipinski definition) is 5. The third-order valence-electron chi connectivity index (χ3n) is 6.43. The lowest BCUT2D eigenvalue weighted by Gasteiger charge is -2.30. The van der Waals surface area contributed by atoms with Crippen molar-refractivity contribution in [2.45, 2.75) is 47.0 Å². The molecule has 0 saturated heterocycles. The fraction of sp³-hybridized carbons (Fsp3) is 0.586. The lowest BCUT2D eigenvalue weighted by molar-refractivity contribution is 0.279. The molecule has 0 heterocycles. The number of likely N-dealkylation sites (N-methyl/N-ethyl adjacent to an activating group) is 2. The number of unbranched alkanes of at least 4 members (excludes halogenated alkanes) is 2. The zero-order chi connectivity index (χ0) is 24.4. The first kappa shape index (κ1) is 28.0. The van der Waals surface area contributed by atoms with E-state index in [4.69, 9.17) is 9.47 Å². The molecular formula is C29H47N3O2. The van der Waals surface area contributed by atoms with E-state index < -0.39 is 0 Å². The minimum Gasteiger partial charge on any atom is -0.494 e. The highest BCUT2D eigenvalue weighted by atomic mass is 16.5. The minimum absolute atomic E-state index is 0.748. The summed E-state index contributed by atoms with van der Waals surface area (Å²) in [4.78, 5) is 7.51. The first-order valence-corrected chi connectivity index (χ1v) is 13.3. The van der Waals surface area contributed by atoms with Crippen LogP contribution in [-0.4, -0.2) is 75.4 Å². The molecule has 0 aromatic heterocycles. The van der Waals surface area contributed by atoms with Crippen LogP contribution in [0.25, 0.3) is 0 Å². The second kappa shape index (κ2) is 17.2. The van der Waals surface area contributed by atoms with Crippen LogP contribution in [0.4, 0.5) is 5.69 Å². The Morgan fingerprint density at radius 1 is 0.529 bits per heavy atom. The summed E-state index contributed by atoms with van der Waals surface area (Å²) in [6.45, 7) is 19.2. The van der Waals surface area contributed by atoms with Crippen molar-refractivity contribution in [3.63, 3.8) is 0 Å². The van der Waals surface area contributed by atoms with E-state index in [2.05, 4.69) is 66.7 Å². The molecule has 5 heteroatoms. The van der Waals surface area contributed by atoms with E-state index in [0.717, 1.165) is 96.3 Å². The van der Waals surface area contributed by atoms with Crippen LogP contribution < -0.4 is 14.4 Å². The van der Waals surface area contributed by atoms with Gasteiger partial charge in [0.25, 0.3) is 0 Å². The van der Waals surface area contributed by atoms with Gasteiger partial charge < -0.3 is 24.2 Å². The number of para-hydroxylation sites is 1. The van der Waals surface area contributed by atoms with Crippen molar-refractivity contribution in [1.29, 1.82) is 0 Å². The summed E-state index contributed by atoms with van der Waals surface area (Å²) in [6, 6.07) is 18.7. The summed E-state index contributed by atoms with van der Waals surface area (Å²) in [5.41, 5.74) is 1.28. The van der Waals surface area contributed by atoms with Crippen molar-refractivity contribution >= 4 is 5.69 Å². The van der Waals surface area contributed by atoms with Crippen molar-refractivity contribution in [1.82, 2.24) is 9.80 Å². The third-order valence-corrected chi connectivity index (χ3v) is 6.43. The molecule has 2 aromatic rings. The van der Waals surface area contributed by atoms with Crippen LogP contribution in [0.2, 0.25) is 0 Å². The molecule has 0 bridgehead atoms. The highest BCUT2D eigenvalue weighted by Gasteiger charge is 2.11. The molecule has 190 valence electrons. The molecule has 0 radical (unpaired) electrons. The van der Waals surface area contributed by atoms with E-state index in [9.17, 15) is 0 Å². The van der Waals surface area contributed by atoms with Crippen LogP contribution >= 0.6 is 0 Å². The maximum atomic E-state index is 6.00. The van der Waals surface area contributed by atoms with E-state index in [0.29, 0.717) is 0 Å². The normalized spacial score (nSPS) is 11.2. The van der Waals surface area contributed by atoms with Crippen molar-refractivity contribution in [3.05, 3.63) is 54.6 Å². The summed E-state index contributed by atoms with van der Waals surface area (Å²) >= 11 is 0. The standard InChI is InChI=1S/C29H47N3O2/c1-5-30(6-2)21-23-32(24-22-31(7-3)8-4)27-17-19-29(20-18-27)34-26-14-10-13-25-33-28-15-11-9-12-16-28/h9,11-12,15-20H,5-8,10,13-14,21-26H2,1-4H3. The van der Waals surface area contributed by atoms with Crippen molar-refractivity contribution in [3.8, 4) is 11.5 Å². The molecule has 0 spiro atoms. The largest absolute Gasteiger partial charge is 0.494 e. The molecule has 0 aliphatic heterocycles. The molecule has 5 nitrogen and oxygen atoms in total. The zero-order valence-corrected chi connectivity index (χ0v) is 22.0. The fourth-order valence-electron chi connectivity index (χ4n) is 4.00. The van der Waals surface area contributed by atoms with Crippen LogP contribution in [0.3, 0.4) is 0 Å². The quantitative estimate of drug-likeness (QED) is 0.242. The Balaban J connectivity index is 1.75. The van der Waals surface area contributed by atoms with Gasteiger partial charge in [-0.25, -0.2) is 0 Å². The highest BCUT2D eigenvalue weighted by molar-refractivity contribution is 5.49. The summed E-state index contributed by atoms with van der Waals surface area (Å²) in [5, 5.41) is 0. The number of nitrogens with zero attached hydrogens (tertiary/aromatic N) is 3. The zero-order valence-electron chi connectivity index (χ0n) is 22.0. The van der Waals surface area contributed by atoms with Gasteiger partial charge in [-0.1, -0.05) is 45.9 Å². The molecular weight excluding hydrogens is 422 g/mol. The smallest absolute Gasteiger partial charge is 0.119 e. The Kier molecular flexibility index (Phi) is 14.2. The van der Waals surface area contributed by atoms with Crippen LogP contribution in [0.5, 0.6) is 11.5 Å². The summed E-state index contributed by atoms with van der Waals surface area (Å²) in [6.07, 6.45) is 3.19. The molecule has 0 aliphatic carbocycles. The lowest BCUT2D eigenvalue weighted by atomic mass is 10.2. The number of ether oxygens (including phenoxy) is 2. The van der Waals surface area contributed by atoms with Crippen LogP contribution in [-0.2, 0) is 0 Å². The molecule has 0 aliphatic rings. The third kappa shape index (κ3) is 10.8. The number of rotatable bonds is 19. The number of hydrogen-bond donors (Lipinski definition) is 0. The Morgan fingerprint density at radius 3 is 1.47 bits per heavy atom. The Morgan fingerprint density at radius 2 is 1.00 bits per heavy atom. The van der Waals surface area contributed by atoms with Gasteiger partial charge in [0.1, 0.15) is 11.5 Å². The molecule has 0 atom stereocenters. The van der Waals surface area contributed by atoms with Gasteiger partial charge in [-0.3, -0.25) is 0 Å². The predicted octanol–water partition coefficient (Wildman–Crippen LogP) is 5.80. The first-order valence-electron chi connectivity index (χ1n) is 13.3. The van der Waals surface area contributed by atoms with E-state index in [1.165, 1.54) is 5.69 Å². The maximum Gasteiger partial charge on any atom is 0.119 e. The Hall–Kier alpha value is -2.24. The molecule has 2 aromatic carbocycles.